The van der Waals surface area contributed by atoms with Gasteiger partial charge in [0, 0.05) is 145 Å². The van der Waals surface area contributed by atoms with Crippen LogP contribution in [0.2, 0.25) is 0 Å². The first-order valence-electron chi connectivity index (χ1n) is 40.2. The summed E-state index contributed by atoms with van der Waals surface area (Å²) in [6.45, 7) is 37.3. The number of carbonyl (C=O) groups is 4. The summed E-state index contributed by atoms with van der Waals surface area (Å²) in [4.78, 5) is 108. The molecule has 0 unspecified atom stereocenters. The van der Waals surface area contributed by atoms with Gasteiger partial charge in [0.05, 0.1) is 9.85 Å². The third kappa shape index (κ3) is 27.8. The third-order valence-electron chi connectivity index (χ3n) is 19.2. The molecule has 1 aliphatic heterocycles. The maximum atomic E-state index is 12.1. The van der Waals surface area contributed by atoms with Crippen LogP contribution in [-0.4, -0.2) is 169 Å². The second kappa shape index (κ2) is 42.1. The van der Waals surface area contributed by atoms with E-state index in [1.54, 1.807) is 94.1 Å². The molecule has 10 rings (SSSR count). The Balaban J connectivity index is 0.000000223. The molecule has 0 radical (unpaired) electrons. The Morgan fingerprint density at radius 2 is 0.901 bits per heavy atom. The lowest BCUT2D eigenvalue weighted by Crippen LogP contribution is -2.31. The van der Waals surface area contributed by atoms with Gasteiger partial charge in [-0.1, -0.05) is 126 Å². The number of terminal acetylenes is 1. The van der Waals surface area contributed by atoms with Crippen LogP contribution in [0.3, 0.4) is 0 Å². The number of rotatable bonds is 26. The molecule has 4 aromatic carbocycles. The van der Waals surface area contributed by atoms with Crippen LogP contribution in [0.25, 0.3) is 0 Å². The van der Waals surface area contributed by atoms with Crippen molar-refractivity contribution in [3.63, 3.8) is 0 Å². The van der Waals surface area contributed by atoms with E-state index in [4.69, 9.17) is 26.4 Å². The van der Waals surface area contributed by atoms with Gasteiger partial charge >= 0.3 is 11.4 Å². The normalized spacial score (nSPS) is 13.1. The number of pyridine rings is 1. The van der Waals surface area contributed by atoms with Crippen LogP contribution >= 0.6 is 0 Å². The summed E-state index contributed by atoms with van der Waals surface area (Å²) in [5.41, 5.74) is 9.36. The average molecular weight is 1660 g/mol. The van der Waals surface area contributed by atoms with Crippen LogP contribution in [0.4, 0.5) is 92.4 Å². The van der Waals surface area contributed by atoms with E-state index in [1.807, 2.05) is 91.5 Å². The van der Waals surface area contributed by atoms with Crippen molar-refractivity contribution >= 4 is 116 Å². The molecular formula is C88H121N25O8. The molecule has 4 aromatic heterocycles. The summed E-state index contributed by atoms with van der Waals surface area (Å²) >= 11 is 0. The van der Waals surface area contributed by atoms with Crippen molar-refractivity contribution in [1.29, 1.82) is 5.26 Å². The third-order valence-corrected chi connectivity index (χ3v) is 19.2. The average Bonchev–Trinajstić information content (AvgIpc) is 1.53. The van der Waals surface area contributed by atoms with Gasteiger partial charge in [0.15, 0.2) is 17.5 Å². The van der Waals surface area contributed by atoms with Crippen LogP contribution in [0.5, 0.6) is 0 Å². The fourth-order valence-electron chi connectivity index (χ4n) is 13.4. The molecule has 2 fully saturated rings. The number of aryl methyl sites for hydroxylation is 4. The van der Waals surface area contributed by atoms with Crippen molar-refractivity contribution < 1.29 is 29.0 Å². The zero-order valence-corrected chi connectivity index (χ0v) is 74.3. The van der Waals surface area contributed by atoms with Gasteiger partial charge in [-0.25, -0.2) is 15.0 Å². The molecule has 1 saturated heterocycles. The molecule has 33 nitrogen and oxygen atoms in total. The molecule has 2 aliphatic rings. The minimum atomic E-state index is -0.523. The molecule has 121 heavy (non-hydrogen) atoms. The molecule has 33 heteroatoms. The highest BCUT2D eigenvalue weighted by molar-refractivity contribution is 5.98. The van der Waals surface area contributed by atoms with Gasteiger partial charge in [-0.15, -0.1) is 6.42 Å². The highest BCUT2D eigenvalue weighted by atomic mass is 16.6. The Morgan fingerprint density at radius 3 is 1.31 bits per heavy atom. The van der Waals surface area contributed by atoms with Crippen LogP contribution in [-0.2, 0) is 0 Å². The number of nitro groups is 2. The number of nitrogens with one attached hydrogen (secondary N) is 12. The summed E-state index contributed by atoms with van der Waals surface area (Å²) in [7, 11) is 12.1. The first-order valence-corrected chi connectivity index (χ1v) is 40.2. The molecule has 0 spiro atoms. The summed E-state index contributed by atoms with van der Waals surface area (Å²) in [6, 6.07) is 25.7. The van der Waals surface area contributed by atoms with Crippen molar-refractivity contribution in [2.75, 3.05) is 141 Å². The molecular weight excluding hydrogens is 1540 g/mol. The SMILES string of the molecule is C#Cc1c(N[C@@H]2CCNC2)nc(Nc2cc(C(=O)NC)ccc2C)nc1N(C)CC(C)(C)C.CNC(=O)c1ccc(C)c(Nc2nc(NC3CCCC3)nc(N(C)CC(C)(C)C)c2C#N)c1.CNC(=O)c1ccc(C)c(Nc2nccc(N(C)CC(C)(C)C)c2[N+](=O)[O-])c1.CNC(=O)c1ccc(C)c(Nc2ncnc(NCC(C)(C)C)c2[N+](=O)[O-])c1. The maximum Gasteiger partial charge on any atom is 0.353 e. The monoisotopic (exact) mass is 1660 g/mol. The largest absolute Gasteiger partial charge is 0.368 e. The maximum absolute atomic E-state index is 12.1. The minimum absolute atomic E-state index is 0.0253. The predicted octanol–water partition coefficient (Wildman–Crippen LogP) is 14.9. The second-order valence-corrected chi connectivity index (χ2v) is 35.0. The Morgan fingerprint density at radius 1 is 0.496 bits per heavy atom. The topological polar surface area (TPSA) is 423 Å². The van der Waals surface area contributed by atoms with Gasteiger partial charge in [0.1, 0.15) is 35.0 Å². The number of benzene rings is 4. The first kappa shape index (κ1) is 95.1. The Hall–Kier alpha value is -13.0. The molecule has 4 amide bonds. The molecule has 12 N–H and O–H groups in total. The van der Waals surface area contributed by atoms with Crippen molar-refractivity contribution in [3.8, 4) is 18.4 Å². The van der Waals surface area contributed by atoms with Gasteiger partial charge < -0.3 is 78.5 Å². The van der Waals surface area contributed by atoms with E-state index in [2.05, 4.69) is 158 Å². The number of carbonyl (C=O) groups excluding carboxylic acids is 4. The van der Waals surface area contributed by atoms with Gasteiger partial charge in [-0.05, 0) is 152 Å². The number of aromatic nitrogens is 7. The van der Waals surface area contributed by atoms with Crippen LogP contribution in [0, 0.1) is 93.3 Å². The fraction of sp³-hybridized carbons (Fsp3) is 0.455. The van der Waals surface area contributed by atoms with E-state index in [0.29, 0.717) is 105 Å². The number of hydrogen-bond acceptors (Lipinski definition) is 27. The Labute approximate surface area is 711 Å². The highest BCUT2D eigenvalue weighted by Gasteiger charge is 2.31. The second-order valence-electron chi connectivity index (χ2n) is 35.0. The van der Waals surface area contributed by atoms with E-state index >= 15 is 0 Å². The molecule has 1 saturated carbocycles. The highest BCUT2D eigenvalue weighted by Crippen LogP contribution is 2.39. The van der Waals surface area contributed by atoms with Gasteiger partial charge in [-0.3, -0.25) is 39.4 Å². The molecule has 1 aliphatic carbocycles. The molecule has 1 atom stereocenters. The molecule has 0 bridgehead atoms. The fourth-order valence-corrected chi connectivity index (χ4v) is 13.4. The number of amides is 4. The van der Waals surface area contributed by atoms with Gasteiger partial charge in [0.25, 0.3) is 23.6 Å². The lowest BCUT2D eigenvalue weighted by Gasteiger charge is -2.29. The van der Waals surface area contributed by atoms with Gasteiger partial charge in [-0.2, -0.15) is 25.2 Å². The van der Waals surface area contributed by atoms with E-state index in [0.717, 1.165) is 79.1 Å². The van der Waals surface area contributed by atoms with Crippen molar-refractivity contribution in [3.05, 3.63) is 167 Å². The summed E-state index contributed by atoms with van der Waals surface area (Å²) < 4.78 is 0. The smallest absolute Gasteiger partial charge is 0.353 e. The van der Waals surface area contributed by atoms with Crippen molar-refractivity contribution in [2.45, 2.75) is 155 Å². The summed E-state index contributed by atoms with van der Waals surface area (Å²) in [5, 5.41) is 70.0. The minimum Gasteiger partial charge on any atom is -0.368 e. The van der Waals surface area contributed by atoms with Crippen LogP contribution in [0.15, 0.2) is 91.4 Å². The molecule has 646 valence electrons. The quantitative estimate of drug-likeness (QED) is 0.0136. The Bertz CT molecular complexity index is 5080. The van der Waals surface area contributed by atoms with Crippen LogP contribution < -0.4 is 78.5 Å². The Kier molecular flexibility index (Phi) is 33.1. The van der Waals surface area contributed by atoms with Crippen LogP contribution in [0.1, 0.15) is 190 Å². The lowest BCUT2D eigenvalue weighted by molar-refractivity contribution is -0.383. The van der Waals surface area contributed by atoms with E-state index < -0.39 is 9.85 Å². The zero-order chi connectivity index (χ0) is 89.6. The predicted molar refractivity (Wildman–Crippen MR) is 485 cm³/mol. The van der Waals surface area contributed by atoms with E-state index in [9.17, 15) is 44.7 Å². The first-order chi connectivity index (χ1) is 56.9. The van der Waals surface area contributed by atoms with Crippen molar-refractivity contribution in [2.24, 2.45) is 21.7 Å². The molecule has 5 heterocycles. The van der Waals surface area contributed by atoms with E-state index in [1.165, 1.54) is 26.2 Å². The standard InChI is InChI=1S/2C25H35N7O.C20H27N5O3.C18H24N6O3/c1-16-11-12-17(23(33)27-5)13-20(16)29-21-19(14-26)22(32(6)15-25(2,3)4)31-24(30-21)28-18-9-7-8-10-18;1-8-19-21(28-18-11-12-27-14-18)30-24(31-22(19)32(7)15-25(3,4)5)29-20-13-17(23(33)26-6)10-9-16(20)2;1-13-7-8-14(19(26)21-5)11-15(13)23-18-17(25(27)28)16(9-10-22-18)24(6)12-20(2,3)4;1-11-6-7-12(17(25)19-5)8-13(11)23-16-14(24(26)27)15(21-10-22-16)20-9-18(2,3)4/h11-13,18H,7-10,15H2,1-6H3,(H,27,33)(H2,28,29,30,31);1,9-10,13,18,27H,11-12,14-15H2,2-7H3,(H,26,33)(H2,28,29,30,31);7-11H,12H2,1-6H3,(H,21,26)(H,22,23);6-8,10H,9H2,1-5H3,(H,19,25)(H2,20,21,22,23)/t;18-;;/m.1../s1. The number of nitriles is 1. The molecule has 8 aromatic rings. The number of anilines is 14. The summed E-state index contributed by atoms with van der Waals surface area (Å²) in [6.07, 6.45) is 14.3. The number of hydrogen-bond donors (Lipinski definition) is 12. The van der Waals surface area contributed by atoms with E-state index in [-0.39, 0.29) is 80.2 Å². The van der Waals surface area contributed by atoms with Gasteiger partial charge in [0.2, 0.25) is 29.4 Å². The lowest BCUT2D eigenvalue weighted by atomic mass is 9.96. The summed E-state index contributed by atoms with van der Waals surface area (Å²) in [5.74, 6) is 5.64. The zero-order valence-electron chi connectivity index (χ0n) is 74.3. The number of nitrogens with zero attached hydrogens (tertiary/aromatic N) is 13. The van der Waals surface area contributed by atoms with Crippen molar-refractivity contribution in [1.82, 2.24) is 61.5 Å².